The number of nitrogens with zero attached hydrogens (tertiary/aromatic N) is 1. The van der Waals surface area contributed by atoms with Crippen molar-refractivity contribution in [2.75, 3.05) is 34.1 Å². The maximum atomic E-state index is 11.6. The first kappa shape index (κ1) is 15.5. The van der Waals surface area contributed by atoms with Crippen LogP contribution in [-0.4, -0.2) is 45.0 Å². The van der Waals surface area contributed by atoms with E-state index >= 15 is 0 Å². The van der Waals surface area contributed by atoms with Gasteiger partial charge in [0.15, 0.2) is 11.5 Å². The molecule has 2 aliphatic rings. The third-order valence-corrected chi connectivity index (χ3v) is 3.98. The van der Waals surface area contributed by atoms with E-state index in [4.69, 9.17) is 18.9 Å². The lowest BCUT2D eigenvalue weighted by Crippen LogP contribution is -2.32. The van der Waals surface area contributed by atoms with Crippen LogP contribution in [-0.2, 0) is 16.0 Å². The molecule has 6 heteroatoms. The molecule has 1 atom stereocenters. The lowest BCUT2D eigenvalue weighted by molar-refractivity contribution is -0.136. The van der Waals surface area contributed by atoms with Gasteiger partial charge in [0.05, 0.1) is 13.7 Å². The second-order valence-electron chi connectivity index (χ2n) is 5.34. The van der Waals surface area contributed by atoms with Gasteiger partial charge in [-0.25, -0.2) is 4.79 Å². The maximum absolute atomic E-state index is 11.6. The summed E-state index contributed by atoms with van der Waals surface area (Å²) in [5.74, 6) is 6.97. The number of rotatable bonds is 2. The van der Waals surface area contributed by atoms with Crippen molar-refractivity contribution in [1.29, 1.82) is 0 Å². The Morgan fingerprint density at radius 1 is 1.48 bits per heavy atom. The zero-order chi connectivity index (χ0) is 16.4. The summed E-state index contributed by atoms with van der Waals surface area (Å²) in [7, 11) is 3.57. The van der Waals surface area contributed by atoms with E-state index in [9.17, 15) is 4.79 Å². The lowest BCUT2D eigenvalue weighted by Gasteiger charge is -2.32. The van der Waals surface area contributed by atoms with Gasteiger partial charge >= 0.3 is 5.97 Å². The van der Waals surface area contributed by atoms with E-state index in [1.54, 1.807) is 14.0 Å². The van der Waals surface area contributed by atoms with Crippen LogP contribution in [0.3, 0.4) is 0 Å². The molecule has 2 aliphatic heterocycles. The predicted molar refractivity (Wildman–Crippen MR) is 82.6 cm³/mol. The highest BCUT2D eigenvalue weighted by molar-refractivity contribution is 5.88. The molecular formula is C17H19NO5. The standard InChI is InChI=1S/C17H19NO5/c1-4-21-14(19)6-5-12-15-11(7-8-18(12)2)9-13-16(17(15)20-3)23-10-22-13/h9,12H,4,7-8,10H2,1-3H3/t12-/m1/s1. The Labute approximate surface area is 135 Å². The minimum Gasteiger partial charge on any atom is -0.492 e. The van der Waals surface area contributed by atoms with Crippen LogP contribution in [0.4, 0.5) is 0 Å². The fourth-order valence-corrected chi connectivity index (χ4v) is 2.91. The van der Waals surface area contributed by atoms with Gasteiger partial charge in [0.2, 0.25) is 12.5 Å². The van der Waals surface area contributed by atoms with Crippen molar-refractivity contribution in [1.82, 2.24) is 4.90 Å². The smallest absolute Gasteiger partial charge is 0.384 e. The molecule has 3 rings (SSSR count). The largest absolute Gasteiger partial charge is 0.492 e. The van der Waals surface area contributed by atoms with Gasteiger partial charge in [-0.3, -0.25) is 4.90 Å². The van der Waals surface area contributed by atoms with Gasteiger partial charge in [0, 0.05) is 18.0 Å². The third kappa shape index (κ3) is 2.80. The third-order valence-electron chi connectivity index (χ3n) is 3.98. The Balaban J connectivity index is 2.05. The molecule has 0 fully saturated rings. The molecule has 1 aromatic rings. The van der Waals surface area contributed by atoms with Gasteiger partial charge in [0.1, 0.15) is 6.04 Å². The van der Waals surface area contributed by atoms with Crippen LogP contribution in [0, 0.1) is 11.8 Å². The van der Waals surface area contributed by atoms with Crippen molar-refractivity contribution >= 4 is 5.97 Å². The van der Waals surface area contributed by atoms with Crippen LogP contribution in [0.2, 0.25) is 0 Å². The van der Waals surface area contributed by atoms with E-state index in [1.807, 2.05) is 13.1 Å². The summed E-state index contributed by atoms with van der Waals surface area (Å²) < 4.78 is 21.5. The van der Waals surface area contributed by atoms with E-state index in [2.05, 4.69) is 16.7 Å². The van der Waals surface area contributed by atoms with E-state index in [0.29, 0.717) is 23.9 Å². The molecule has 0 saturated heterocycles. The number of hydrogen-bond acceptors (Lipinski definition) is 6. The van der Waals surface area contributed by atoms with Crippen molar-refractivity contribution in [3.05, 3.63) is 17.2 Å². The Morgan fingerprint density at radius 2 is 2.30 bits per heavy atom. The first-order chi connectivity index (χ1) is 11.2. The maximum Gasteiger partial charge on any atom is 0.384 e. The van der Waals surface area contributed by atoms with Crippen LogP contribution in [0.1, 0.15) is 24.1 Å². The number of benzene rings is 1. The van der Waals surface area contributed by atoms with E-state index in [-0.39, 0.29) is 12.8 Å². The molecule has 2 heterocycles. The molecule has 23 heavy (non-hydrogen) atoms. The summed E-state index contributed by atoms with van der Waals surface area (Å²) in [4.78, 5) is 13.6. The van der Waals surface area contributed by atoms with Crippen molar-refractivity contribution < 1.29 is 23.7 Å². The summed E-state index contributed by atoms with van der Waals surface area (Å²) in [5, 5.41) is 0. The van der Waals surface area contributed by atoms with Gasteiger partial charge in [0.25, 0.3) is 0 Å². The Hall–Kier alpha value is -2.39. The number of fused-ring (bicyclic) bond motifs is 2. The topological polar surface area (TPSA) is 57.2 Å². The van der Waals surface area contributed by atoms with Crippen LogP contribution in [0.25, 0.3) is 0 Å². The molecule has 0 aliphatic carbocycles. The molecule has 0 radical (unpaired) electrons. The molecule has 6 nitrogen and oxygen atoms in total. The molecule has 0 saturated carbocycles. The SMILES string of the molecule is CCOC(=O)C#C[C@@H]1c2c(cc3c(c2OC)OCO3)CCN1C. The highest BCUT2D eigenvalue weighted by atomic mass is 16.7. The number of ether oxygens (including phenoxy) is 4. The van der Waals surface area contributed by atoms with Gasteiger partial charge in [-0.2, -0.15) is 0 Å². The summed E-state index contributed by atoms with van der Waals surface area (Å²) >= 11 is 0. The zero-order valence-corrected chi connectivity index (χ0v) is 13.5. The minimum absolute atomic E-state index is 0.184. The number of esters is 1. The van der Waals surface area contributed by atoms with Crippen LogP contribution >= 0.6 is 0 Å². The molecule has 1 aromatic carbocycles. The molecule has 0 unspecified atom stereocenters. The van der Waals surface area contributed by atoms with Crippen molar-refractivity contribution in [2.45, 2.75) is 19.4 Å². The highest BCUT2D eigenvalue weighted by Gasteiger charge is 2.33. The molecule has 0 spiro atoms. The predicted octanol–water partition coefficient (Wildman–Crippen LogP) is 1.52. The van der Waals surface area contributed by atoms with Gasteiger partial charge in [-0.05, 0) is 32.0 Å². The number of hydrogen-bond donors (Lipinski definition) is 0. The zero-order valence-electron chi connectivity index (χ0n) is 13.5. The first-order valence-corrected chi connectivity index (χ1v) is 7.53. The summed E-state index contributed by atoms with van der Waals surface area (Å²) in [6.45, 7) is 3.08. The lowest BCUT2D eigenvalue weighted by atomic mass is 9.91. The van der Waals surface area contributed by atoms with Crippen LogP contribution < -0.4 is 14.2 Å². The van der Waals surface area contributed by atoms with Crippen molar-refractivity contribution in [2.24, 2.45) is 0 Å². The second kappa shape index (κ2) is 6.39. The number of methoxy groups -OCH3 is 1. The van der Waals surface area contributed by atoms with Crippen molar-refractivity contribution in [3.63, 3.8) is 0 Å². The molecule has 0 aromatic heterocycles. The number of carbonyl (C=O) groups is 1. The van der Waals surface area contributed by atoms with Crippen LogP contribution in [0.15, 0.2) is 6.07 Å². The summed E-state index contributed by atoms with van der Waals surface area (Å²) in [6.07, 6.45) is 0.858. The normalized spacial score (nSPS) is 18.7. The first-order valence-electron chi connectivity index (χ1n) is 7.53. The molecule has 0 amide bonds. The molecule has 0 N–H and O–H groups in total. The van der Waals surface area contributed by atoms with Gasteiger partial charge in [-0.1, -0.05) is 5.92 Å². The Morgan fingerprint density at radius 3 is 3.04 bits per heavy atom. The average Bonchev–Trinajstić information content (AvgIpc) is 3.00. The fourth-order valence-electron chi connectivity index (χ4n) is 2.91. The number of carbonyl (C=O) groups excluding carboxylic acids is 1. The monoisotopic (exact) mass is 317 g/mol. The van der Waals surface area contributed by atoms with E-state index in [0.717, 1.165) is 24.1 Å². The Bertz CT molecular complexity index is 688. The minimum atomic E-state index is -0.521. The van der Waals surface area contributed by atoms with Crippen LogP contribution in [0.5, 0.6) is 17.2 Å². The molecule has 122 valence electrons. The Kier molecular flexibility index (Phi) is 4.30. The summed E-state index contributed by atoms with van der Waals surface area (Å²) in [6, 6.07) is 1.72. The highest BCUT2D eigenvalue weighted by Crippen LogP contribution is 2.49. The average molecular weight is 317 g/mol. The molecule has 0 bridgehead atoms. The number of likely N-dealkylation sites (N-methyl/N-ethyl adjacent to an activating group) is 1. The molecular weight excluding hydrogens is 298 g/mol. The van der Waals surface area contributed by atoms with E-state index in [1.165, 1.54) is 0 Å². The summed E-state index contributed by atoms with van der Waals surface area (Å²) in [5.41, 5.74) is 2.04. The second-order valence-corrected chi connectivity index (χ2v) is 5.34. The van der Waals surface area contributed by atoms with Gasteiger partial charge < -0.3 is 18.9 Å². The van der Waals surface area contributed by atoms with Crippen molar-refractivity contribution in [3.8, 4) is 29.1 Å². The quantitative estimate of drug-likeness (QED) is 0.468. The fraction of sp³-hybridized carbons (Fsp3) is 0.471. The van der Waals surface area contributed by atoms with Gasteiger partial charge in [-0.15, -0.1) is 0 Å². The van der Waals surface area contributed by atoms with E-state index < -0.39 is 5.97 Å².